The molecule has 1 aromatic carbocycles. The van der Waals surface area contributed by atoms with Crippen LogP contribution in [0.2, 0.25) is 0 Å². The van der Waals surface area contributed by atoms with Gasteiger partial charge < -0.3 is 19.1 Å². The van der Waals surface area contributed by atoms with Gasteiger partial charge >= 0.3 is 0 Å². The van der Waals surface area contributed by atoms with Gasteiger partial charge in [-0.25, -0.2) is 0 Å². The van der Waals surface area contributed by atoms with Crippen LogP contribution in [0.3, 0.4) is 0 Å². The SMILES string of the molecule is CO[C@@H]1C=C[C@@]23CC(=O)N(Cc4cc5c(cc42)OCO5)[C@@H]3C1. The smallest absolute Gasteiger partial charge is 0.231 e. The van der Waals surface area contributed by atoms with E-state index >= 15 is 0 Å². The number of fused-ring (bicyclic) bond motifs is 2. The highest BCUT2D eigenvalue weighted by Gasteiger charge is 2.57. The molecular weight excluding hydrogens is 282 g/mol. The Kier molecular flexibility index (Phi) is 2.30. The van der Waals surface area contributed by atoms with Gasteiger partial charge in [0.25, 0.3) is 0 Å². The first kappa shape index (κ1) is 12.5. The largest absolute Gasteiger partial charge is 0.454 e. The molecule has 0 radical (unpaired) electrons. The predicted octanol–water partition coefficient (Wildman–Crippen LogP) is 1.74. The molecule has 0 saturated carbocycles. The number of hydrogen-bond donors (Lipinski definition) is 0. The summed E-state index contributed by atoms with van der Waals surface area (Å²) < 4.78 is 16.5. The Morgan fingerprint density at radius 3 is 2.95 bits per heavy atom. The van der Waals surface area contributed by atoms with Crippen molar-refractivity contribution in [1.82, 2.24) is 4.90 Å². The average Bonchev–Trinajstić information content (AvgIpc) is 3.06. The molecule has 4 aliphatic rings. The third kappa shape index (κ3) is 1.40. The first-order valence-electron chi connectivity index (χ1n) is 7.66. The van der Waals surface area contributed by atoms with Crippen LogP contribution in [0.1, 0.15) is 24.0 Å². The van der Waals surface area contributed by atoms with Crippen molar-refractivity contribution in [1.29, 1.82) is 0 Å². The Morgan fingerprint density at radius 2 is 2.14 bits per heavy atom. The molecule has 1 saturated heterocycles. The van der Waals surface area contributed by atoms with Crippen LogP contribution in [0, 0.1) is 0 Å². The number of carbonyl (C=O) groups excluding carboxylic acids is 1. The molecule has 1 aliphatic carbocycles. The molecule has 2 bridgehead atoms. The minimum Gasteiger partial charge on any atom is -0.454 e. The van der Waals surface area contributed by atoms with Gasteiger partial charge in [-0.1, -0.05) is 12.2 Å². The normalized spacial score (nSPS) is 33.9. The molecule has 3 aliphatic heterocycles. The highest BCUT2D eigenvalue weighted by atomic mass is 16.7. The highest BCUT2D eigenvalue weighted by Crippen LogP contribution is 2.53. The predicted molar refractivity (Wildman–Crippen MR) is 77.8 cm³/mol. The van der Waals surface area contributed by atoms with E-state index in [9.17, 15) is 4.79 Å². The minimum atomic E-state index is -0.235. The molecule has 0 aromatic heterocycles. The zero-order valence-corrected chi connectivity index (χ0v) is 12.4. The van der Waals surface area contributed by atoms with Gasteiger partial charge in [0.05, 0.1) is 6.10 Å². The van der Waals surface area contributed by atoms with Crippen molar-refractivity contribution < 1.29 is 19.0 Å². The third-order valence-corrected chi connectivity index (χ3v) is 5.54. The summed E-state index contributed by atoms with van der Waals surface area (Å²) in [6.45, 7) is 0.931. The van der Waals surface area contributed by atoms with Crippen molar-refractivity contribution in [2.24, 2.45) is 0 Å². The molecule has 3 heterocycles. The monoisotopic (exact) mass is 299 g/mol. The van der Waals surface area contributed by atoms with E-state index in [0.717, 1.165) is 17.9 Å². The van der Waals surface area contributed by atoms with Crippen LogP contribution >= 0.6 is 0 Å². The number of amides is 1. The molecule has 3 atom stereocenters. The Bertz CT molecular complexity index is 713. The summed E-state index contributed by atoms with van der Waals surface area (Å²) in [5, 5.41) is 0. The molecule has 1 fully saturated rings. The van der Waals surface area contributed by atoms with Gasteiger partial charge in [0.1, 0.15) is 0 Å². The van der Waals surface area contributed by atoms with E-state index in [-0.39, 0.29) is 30.3 Å². The molecule has 114 valence electrons. The van der Waals surface area contributed by atoms with E-state index in [2.05, 4.69) is 18.2 Å². The summed E-state index contributed by atoms with van der Waals surface area (Å²) in [4.78, 5) is 14.5. The Morgan fingerprint density at radius 1 is 1.32 bits per heavy atom. The molecular formula is C17H17NO4. The van der Waals surface area contributed by atoms with E-state index in [1.807, 2.05) is 11.0 Å². The van der Waals surface area contributed by atoms with Crippen molar-refractivity contribution in [2.75, 3.05) is 13.9 Å². The molecule has 1 amide bonds. The van der Waals surface area contributed by atoms with E-state index < -0.39 is 0 Å². The lowest BCUT2D eigenvalue weighted by atomic mass is 9.66. The Hall–Kier alpha value is -2.01. The zero-order chi connectivity index (χ0) is 14.9. The van der Waals surface area contributed by atoms with Gasteiger partial charge in [0, 0.05) is 31.5 Å². The van der Waals surface area contributed by atoms with Gasteiger partial charge in [-0.05, 0) is 29.7 Å². The quantitative estimate of drug-likeness (QED) is 0.741. The van der Waals surface area contributed by atoms with Gasteiger partial charge in [0.15, 0.2) is 11.5 Å². The van der Waals surface area contributed by atoms with Crippen LogP contribution in [-0.4, -0.2) is 36.9 Å². The zero-order valence-electron chi connectivity index (χ0n) is 12.4. The van der Waals surface area contributed by atoms with E-state index in [0.29, 0.717) is 13.0 Å². The summed E-state index contributed by atoms with van der Waals surface area (Å²) in [5.41, 5.74) is 2.15. The van der Waals surface area contributed by atoms with Crippen molar-refractivity contribution >= 4 is 5.91 Å². The van der Waals surface area contributed by atoms with Crippen LogP contribution in [0.15, 0.2) is 24.3 Å². The Balaban J connectivity index is 1.72. The maximum Gasteiger partial charge on any atom is 0.231 e. The van der Waals surface area contributed by atoms with Gasteiger partial charge in [0.2, 0.25) is 12.7 Å². The van der Waals surface area contributed by atoms with E-state index in [1.54, 1.807) is 7.11 Å². The number of methoxy groups -OCH3 is 1. The van der Waals surface area contributed by atoms with Crippen molar-refractivity contribution in [3.8, 4) is 11.5 Å². The minimum absolute atomic E-state index is 0.0853. The first-order valence-corrected chi connectivity index (χ1v) is 7.66. The van der Waals surface area contributed by atoms with E-state index in [4.69, 9.17) is 14.2 Å². The van der Waals surface area contributed by atoms with Crippen molar-refractivity contribution in [3.05, 3.63) is 35.4 Å². The summed E-state index contributed by atoms with van der Waals surface area (Å²) in [5.74, 6) is 1.81. The second kappa shape index (κ2) is 4.04. The first-order chi connectivity index (χ1) is 10.7. The number of rotatable bonds is 1. The fourth-order valence-electron chi connectivity index (χ4n) is 4.48. The average molecular weight is 299 g/mol. The second-order valence-corrected chi connectivity index (χ2v) is 6.49. The maximum atomic E-state index is 12.5. The molecule has 0 unspecified atom stereocenters. The topological polar surface area (TPSA) is 48.0 Å². The number of hydrogen-bond acceptors (Lipinski definition) is 4. The maximum absolute atomic E-state index is 12.5. The molecule has 1 aromatic rings. The molecule has 0 N–H and O–H groups in total. The molecule has 5 heteroatoms. The van der Waals surface area contributed by atoms with Crippen LogP contribution in [0.4, 0.5) is 0 Å². The molecule has 0 spiro atoms. The molecule has 5 rings (SSSR count). The lowest BCUT2D eigenvalue weighted by molar-refractivity contribution is -0.129. The van der Waals surface area contributed by atoms with Gasteiger partial charge in [-0.15, -0.1) is 0 Å². The highest BCUT2D eigenvalue weighted by molar-refractivity contribution is 5.84. The fourth-order valence-corrected chi connectivity index (χ4v) is 4.48. The Labute approximate surface area is 128 Å². The lowest BCUT2D eigenvalue weighted by Crippen LogP contribution is -2.49. The van der Waals surface area contributed by atoms with Crippen LogP contribution < -0.4 is 9.47 Å². The number of nitrogens with zero attached hydrogens (tertiary/aromatic N) is 1. The summed E-state index contributed by atoms with van der Waals surface area (Å²) in [7, 11) is 1.72. The molecule has 5 nitrogen and oxygen atoms in total. The van der Waals surface area contributed by atoms with Crippen LogP contribution in [0.5, 0.6) is 11.5 Å². The standard InChI is InChI=1S/C17H17NO4/c1-20-11-2-3-17-7-16(19)18(15(17)5-11)8-10-4-13-14(6-12(10)17)22-9-21-13/h2-4,6,11,15H,5,7-9H2,1H3/t11-,15-,17-/m1/s1. The number of benzene rings is 1. The van der Waals surface area contributed by atoms with Crippen LogP contribution in [-0.2, 0) is 21.5 Å². The summed E-state index contributed by atoms with van der Waals surface area (Å²) in [6, 6.07) is 4.30. The number of carbonyl (C=O) groups is 1. The van der Waals surface area contributed by atoms with Crippen molar-refractivity contribution in [3.63, 3.8) is 0 Å². The van der Waals surface area contributed by atoms with Crippen molar-refractivity contribution in [2.45, 2.75) is 36.9 Å². The fraction of sp³-hybridized carbons (Fsp3) is 0.471. The van der Waals surface area contributed by atoms with Crippen LogP contribution in [0.25, 0.3) is 0 Å². The summed E-state index contributed by atoms with van der Waals surface area (Å²) >= 11 is 0. The summed E-state index contributed by atoms with van der Waals surface area (Å²) in [6.07, 6.45) is 5.77. The van der Waals surface area contributed by atoms with E-state index in [1.165, 1.54) is 11.1 Å². The third-order valence-electron chi connectivity index (χ3n) is 5.54. The van der Waals surface area contributed by atoms with Gasteiger partial charge in [-0.3, -0.25) is 4.79 Å². The number of ether oxygens (including phenoxy) is 3. The second-order valence-electron chi connectivity index (χ2n) is 6.49. The lowest BCUT2D eigenvalue weighted by Gasteiger charge is -2.45. The molecule has 22 heavy (non-hydrogen) atoms. The van der Waals surface area contributed by atoms with Gasteiger partial charge in [-0.2, -0.15) is 0 Å².